The van der Waals surface area contributed by atoms with Gasteiger partial charge in [-0.1, -0.05) is 52.7 Å². The third-order valence-corrected chi connectivity index (χ3v) is 8.62. The minimum absolute atomic E-state index is 0.186. The average molecular weight is 608 g/mol. The van der Waals surface area contributed by atoms with Crippen molar-refractivity contribution >= 4 is 56.2 Å². The van der Waals surface area contributed by atoms with Crippen molar-refractivity contribution in [3.63, 3.8) is 0 Å². The van der Waals surface area contributed by atoms with Crippen molar-refractivity contribution in [2.24, 2.45) is 5.92 Å². The normalized spacial score (nSPS) is 20.1. The first-order chi connectivity index (χ1) is 18.5. The van der Waals surface area contributed by atoms with Gasteiger partial charge in [-0.25, -0.2) is 0 Å². The largest absolute Gasteiger partial charge is 0.459 e. The zero-order chi connectivity index (χ0) is 26.2. The van der Waals surface area contributed by atoms with Crippen molar-refractivity contribution in [2.75, 3.05) is 22.9 Å². The number of thiocarbonyl (C=S) groups is 1. The number of halogens is 2. The highest BCUT2D eigenvalue weighted by Crippen LogP contribution is 2.44. The summed E-state index contributed by atoms with van der Waals surface area (Å²) < 4.78 is 7.51. The molecule has 0 unspecified atom stereocenters. The first-order valence-corrected chi connectivity index (χ1v) is 14.5. The Morgan fingerprint density at radius 3 is 2.53 bits per heavy atom. The van der Waals surface area contributed by atoms with Gasteiger partial charge < -0.3 is 19.5 Å². The molecule has 0 bridgehead atoms. The molecule has 0 spiro atoms. The summed E-state index contributed by atoms with van der Waals surface area (Å²) in [4.78, 5) is 9.13. The Morgan fingerprint density at radius 1 is 1.03 bits per heavy atom. The van der Waals surface area contributed by atoms with Gasteiger partial charge in [-0.3, -0.25) is 4.98 Å². The number of furan rings is 1. The summed E-state index contributed by atoms with van der Waals surface area (Å²) in [5.74, 6) is 2.37. The molecule has 5 nitrogen and oxygen atoms in total. The molecule has 2 saturated heterocycles. The maximum absolute atomic E-state index is 6.90. The zero-order valence-corrected chi connectivity index (χ0v) is 24.1. The molecular formula is C30H28BrClN4OS. The summed E-state index contributed by atoms with van der Waals surface area (Å²) in [5, 5.41) is 4.85. The first-order valence-electron chi connectivity index (χ1n) is 12.9. The van der Waals surface area contributed by atoms with Crippen LogP contribution >= 0.6 is 39.7 Å². The van der Waals surface area contributed by atoms with E-state index in [-0.39, 0.29) is 12.1 Å². The molecule has 0 amide bonds. The van der Waals surface area contributed by atoms with Crippen molar-refractivity contribution in [3.8, 4) is 11.3 Å². The monoisotopic (exact) mass is 606 g/mol. The summed E-state index contributed by atoms with van der Waals surface area (Å²) in [6.07, 6.45) is 4.18. The van der Waals surface area contributed by atoms with Crippen LogP contribution in [0.15, 0.2) is 87.9 Å². The number of anilines is 2. The Kier molecular flexibility index (Phi) is 7.16. The minimum Gasteiger partial charge on any atom is -0.459 e. The molecule has 2 aromatic carbocycles. The molecule has 194 valence electrons. The SMILES string of the molecule is CC1CCN(c2ccc(N3C(=S)N[C@H](c4ccccn4)[C@H]3c3ccc(-c4ccc(Br)cc4)o3)cc2Cl)CC1. The number of pyridine rings is 1. The number of nitrogens with one attached hydrogen (secondary N) is 1. The lowest BCUT2D eigenvalue weighted by Gasteiger charge is -2.33. The number of rotatable bonds is 5. The van der Waals surface area contributed by atoms with E-state index in [9.17, 15) is 0 Å². The Morgan fingerprint density at radius 2 is 1.82 bits per heavy atom. The molecule has 38 heavy (non-hydrogen) atoms. The van der Waals surface area contributed by atoms with Crippen LogP contribution in [-0.4, -0.2) is 23.2 Å². The van der Waals surface area contributed by atoms with Gasteiger partial charge in [-0.15, -0.1) is 0 Å². The number of aromatic nitrogens is 1. The Hall–Kier alpha value is -2.87. The van der Waals surface area contributed by atoms with Crippen LogP contribution in [0.5, 0.6) is 0 Å². The first kappa shape index (κ1) is 25.4. The fourth-order valence-electron chi connectivity index (χ4n) is 5.35. The van der Waals surface area contributed by atoms with E-state index in [1.165, 1.54) is 12.8 Å². The van der Waals surface area contributed by atoms with Gasteiger partial charge >= 0.3 is 0 Å². The van der Waals surface area contributed by atoms with Crippen molar-refractivity contribution in [3.05, 3.63) is 99.9 Å². The van der Waals surface area contributed by atoms with E-state index in [4.69, 9.17) is 28.2 Å². The summed E-state index contributed by atoms with van der Waals surface area (Å²) in [6, 6.07) is 23.9. The third kappa shape index (κ3) is 4.95. The fourth-order valence-corrected chi connectivity index (χ4v) is 6.26. The summed E-state index contributed by atoms with van der Waals surface area (Å²) >= 11 is 16.3. The Balaban J connectivity index is 1.37. The Labute approximate surface area is 241 Å². The van der Waals surface area contributed by atoms with Gasteiger partial charge in [0.25, 0.3) is 0 Å². The topological polar surface area (TPSA) is 44.5 Å². The maximum Gasteiger partial charge on any atom is 0.174 e. The van der Waals surface area contributed by atoms with Crippen LogP contribution in [0.3, 0.4) is 0 Å². The number of nitrogens with zero attached hydrogens (tertiary/aromatic N) is 3. The van der Waals surface area contributed by atoms with Gasteiger partial charge in [-0.05, 0) is 85.6 Å². The van der Waals surface area contributed by atoms with E-state index in [0.29, 0.717) is 5.11 Å². The highest BCUT2D eigenvalue weighted by Gasteiger charge is 2.42. The van der Waals surface area contributed by atoms with E-state index in [2.05, 4.69) is 55.1 Å². The van der Waals surface area contributed by atoms with Crippen molar-refractivity contribution < 1.29 is 4.42 Å². The minimum atomic E-state index is -0.237. The molecule has 6 rings (SSSR count). The fraction of sp³-hybridized carbons (Fsp3) is 0.267. The second-order valence-corrected chi connectivity index (χ2v) is 11.7. The highest BCUT2D eigenvalue weighted by atomic mass is 79.9. The van der Waals surface area contributed by atoms with Crippen LogP contribution in [0.4, 0.5) is 11.4 Å². The van der Waals surface area contributed by atoms with Crippen molar-refractivity contribution in [1.29, 1.82) is 0 Å². The smallest absolute Gasteiger partial charge is 0.174 e. The molecule has 2 atom stereocenters. The molecule has 2 aliphatic heterocycles. The maximum atomic E-state index is 6.90. The third-order valence-electron chi connectivity index (χ3n) is 7.48. The summed E-state index contributed by atoms with van der Waals surface area (Å²) in [7, 11) is 0. The van der Waals surface area contributed by atoms with Gasteiger partial charge in [0.15, 0.2) is 5.11 Å². The molecule has 0 saturated carbocycles. The lowest BCUT2D eigenvalue weighted by atomic mass is 9.98. The number of piperidine rings is 1. The van der Waals surface area contributed by atoms with Gasteiger partial charge in [0.05, 0.1) is 22.4 Å². The molecule has 4 heterocycles. The van der Waals surface area contributed by atoms with E-state index in [1.54, 1.807) is 6.20 Å². The summed E-state index contributed by atoms with van der Waals surface area (Å²) in [6.45, 7) is 4.37. The molecule has 8 heteroatoms. The van der Waals surface area contributed by atoms with E-state index in [1.807, 2.05) is 60.7 Å². The Bertz CT molecular complexity index is 1440. The van der Waals surface area contributed by atoms with Crippen molar-refractivity contribution in [2.45, 2.75) is 31.8 Å². The molecule has 2 aliphatic rings. The van der Waals surface area contributed by atoms with E-state index in [0.717, 1.165) is 62.7 Å². The lowest BCUT2D eigenvalue weighted by molar-refractivity contribution is 0.438. The average Bonchev–Trinajstić information content (AvgIpc) is 3.55. The second kappa shape index (κ2) is 10.7. The van der Waals surface area contributed by atoms with Gasteiger partial charge in [0.2, 0.25) is 0 Å². The van der Waals surface area contributed by atoms with Crippen LogP contribution in [0, 0.1) is 5.92 Å². The van der Waals surface area contributed by atoms with Crippen molar-refractivity contribution in [1.82, 2.24) is 10.3 Å². The molecule has 2 fully saturated rings. The van der Waals surface area contributed by atoms with Gasteiger partial charge in [0, 0.05) is 35.0 Å². The number of hydrogen-bond acceptors (Lipinski definition) is 4. The van der Waals surface area contributed by atoms with Gasteiger partial charge in [0.1, 0.15) is 17.6 Å². The number of hydrogen-bond donors (Lipinski definition) is 1. The van der Waals surface area contributed by atoms with Crippen LogP contribution in [-0.2, 0) is 0 Å². The van der Waals surface area contributed by atoms with E-state index < -0.39 is 0 Å². The molecule has 0 radical (unpaired) electrons. The zero-order valence-electron chi connectivity index (χ0n) is 21.0. The molecule has 2 aromatic heterocycles. The molecule has 0 aliphatic carbocycles. The predicted molar refractivity (Wildman–Crippen MR) is 162 cm³/mol. The summed E-state index contributed by atoms with van der Waals surface area (Å²) in [5.41, 5.74) is 3.91. The quantitative estimate of drug-likeness (QED) is 0.231. The van der Waals surface area contributed by atoms with Crippen LogP contribution in [0.2, 0.25) is 5.02 Å². The molecule has 1 N–H and O–H groups in total. The van der Waals surface area contributed by atoms with Crippen LogP contribution in [0.25, 0.3) is 11.3 Å². The van der Waals surface area contributed by atoms with Crippen LogP contribution < -0.4 is 15.1 Å². The second-order valence-electron chi connectivity index (χ2n) is 10.0. The highest BCUT2D eigenvalue weighted by molar-refractivity contribution is 9.10. The standard InChI is InChI=1S/C30H28BrClN4OS/c1-19-13-16-35(17-14-19)25-10-9-22(18-23(25)32)36-29(28(34-30(36)38)24-4-2-3-15-33-24)27-12-11-26(37-27)20-5-7-21(31)8-6-20/h2-12,15,18-19,28-29H,13-14,16-17H2,1H3,(H,34,38)/t28-,29-/m1/s1. The lowest BCUT2D eigenvalue weighted by Crippen LogP contribution is -2.33. The number of benzene rings is 2. The van der Waals surface area contributed by atoms with Crippen LogP contribution in [0.1, 0.15) is 43.3 Å². The van der Waals surface area contributed by atoms with E-state index >= 15 is 0 Å². The molecule has 4 aromatic rings. The van der Waals surface area contributed by atoms with Gasteiger partial charge in [-0.2, -0.15) is 0 Å². The predicted octanol–water partition coefficient (Wildman–Crippen LogP) is 8.17. The molecular weight excluding hydrogens is 580 g/mol.